The summed E-state index contributed by atoms with van der Waals surface area (Å²) in [6, 6.07) is 6.23. The molecule has 0 saturated carbocycles. The van der Waals surface area contributed by atoms with Crippen molar-refractivity contribution in [2.75, 3.05) is 67.0 Å². The fourth-order valence-electron chi connectivity index (χ4n) is 3.02. The van der Waals surface area contributed by atoms with Crippen molar-refractivity contribution in [3.05, 3.63) is 35.6 Å². The van der Waals surface area contributed by atoms with Gasteiger partial charge in [0.1, 0.15) is 5.82 Å². The molecular weight excluding hydrogens is 349 g/mol. The zero-order valence-electron chi connectivity index (χ0n) is 16.4. The van der Waals surface area contributed by atoms with Gasteiger partial charge < -0.3 is 20.4 Å². The van der Waals surface area contributed by atoms with Crippen molar-refractivity contribution in [1.29, 1.82) is 0 Å². The number of nitrogens with one attached hydrogen (secondary N) is 2. The average Bonchev–Trinajstić information content (AvgIpc) is 2.64. The van der Waals surface area contributed by atoms with Gasteiger partial charge in [-0.2, -0.15) is 0 Å². The number of hydrogen-bond donors (Lipinski definition) is 2. The Kier molecular flexibility index (Phi) is 8.15. The first kappa shape index (κ1) is 21.3. The second-order valence-electron chi connectivity index (χ2n) is 7.18. The highest BCUT2D eigenvalue weighted by atomic mass is 19.1. The standard InChI is InChI=1S/C19H30FN5O2/c1-23(2)9-8-21-18(26)19(27)22-14-17(15-4-6-16(20)7-5-15)25-12-10-24(3)11-13-25/h4-7,17H,8-14H2,1-3H3,(H,21,26)(H,22,27)/t17-/m0/s1. The summed E-state index contributed by atoms with van der Waals surface area (Å²) >= 11 is 0. The van der Waals surface area contributed by atoms with Crippen LogP contribution < -0.4 is 10.6 Å². The molecule has 0 spiro atoms. The molecule has 0 radical (unpaired) electrons. The Hall–Kier alpha value is -2.03. The van der Waals surface area contributed by atoms with E-state index in [1.54, 1.807) is 12.1 Å². The molecule has 1 aromatic rings. The lowest BCUT2D eigenvalue weighted by Crippen LogP contribution is -2.50. The average molecular weight is 379 g/mol. The summed E-state index contributed by atoms with van der Waals surface area (Å²) < 4.78 is 13.3. The molecule has 2 rings (SSSR count). The van der Waals surface area contributed by atoms with E-state index in [-0.39, 0.29) is 11.9 Å². The van der Waals surface area contributed by atoms with E-state index in [1.165, 1.54) is 12.1 Å². The van der Waals surface area contributed by atoms with Crippen molar-refractivity contribution in [1.82, 2.24) is 25.3 Å². The van der Waals surface area contributed by atoms with Crippen molar-refractivity contribution in [3.8, 4) is 0 Å². The fraction of sp³-hybridized carbons (Fsp3) is 0.579. The Balaban J connectivity index is 1.96. The molecule has 0 unspecified atom stereocenters. The minimum atomic E-state index is -0.644. The van der Waals surface area contributed by atoms with E-state index >= 15 is 0 Å². The van der Waals surface area contributed by atoms with Gasteiger partial charge in [-0.3, -0.25) is 14.5 Å². The summed E-state index contributed by atoms with van der Waals surface area (Å²) in [5.41, 5.74) is 0.925. The third-order valence-corrected chi connectivity index (χ3v) is 4.74. The van der Waals surface area contributed by atoms with Crippen LogP contribution in [0.3, 0.4) is 0 Å². The highest BCUT2D eigenvalue weighted by molar-refractivity contribution is 6.35. The van der Waals surface area contributed by atoms with Gasteiger partial charge in [-0.05, 0) is 38.8 Å². The van der Waals surface area contributed by atoms with Crippen LogP contribution in [0.2, 0.25) is 0 Å². The van der Waals surface area contributed by atoms with Crippen molar-refractivity contribution >= 4 is 11.8 Å². The topological polar surface area (TPSA) is 67.9 Å². The number of hydrogen-bond acceptors (Lipinski definition) is 5. The summed E-state index contributed by atoms with van der Waals surface area (Å²) in [5.74, 6) is -1.57. The molecule has 2 N–H and O–H groups in total. The molecule has 2 amide bonds. The molecule has 1 fully saturated rings. The number of benzene rings is 1. The lowest BCUT2D eigenvalue weighted by molar-refractivity contribution is -0.139. The van der Waals surface area contributed by atoms with Crippen LogP contribution >= 0.6 is 0 Å². The SMILES string of the molecule is CN(C)CCNC(=O)C(=O)NC[C@@H](c1ccc(F)cc1)N1CCN(C)CC1. The largest absolute Gasteiger partial charge is 0.347 e. The maximum Gasteiger partial charge on any atom is 0.309 e. The third kappa shape index (κ3) is 6.89. The molecule has 1 aliphatic rings. The van der Waals surface area contributed by atoms with E-state index in [0.717, 1.165) is 31.7 Å². The molecule has 1 aromatic carbocycles. The lowest BCUT2D eigenvalue weighted by Gasteiger charge is -2.38. The molecule has 1 atom stereocenters. The first-order valence-corrected chi connectivity index (χ1v) is 9.25. The van der Waals surface area contributed by atoms with Gasteiger partial charge in [-0.1, -0.05) is 12.1 Å². The normalized spacial score (nSPS) is 16.9. The predicted molar refractivity (Wildman–Crippen MR) is 103 cm³/mol. The summed E-state index contributed by atoms with van der Waals surface area (Å²) in [7, 11) is 5.87. The number of carbonyl (C=O) groups excluding carboxylic acids is 2. The summed E-state index contributed by atoms with van der Waals surface area (Å²) in [5, 5.41) is 5.34. The number of likely N-dealkylation sites (N-methyl/N-ethyl adjacent to an activating group) is 2. The number of amides is 2. The van der Waals surface area contributed by atoms with E-state index in [1.807, 2.05) is 19.0 Å². The van der Waals surface area contributed by atoms with Crippen LogP contribution in [-0.4, -0.2) is 93.5 Å². The number of nitrogens with zero attached hydrogens (tertiary/aromatic N) is 3. The maximum absolute atomic E-state index is 13.3. The van der Waals surface area contributed by atoms with Gasteiger partial charge in [-0.25, -0.2) is 4.39 Å². The van der Waals surface area contributed by atoms with Gasteiger partial charge in [0.05, 0.1) is 6.04 Å². The van der Waals surface area contributed by atoms with Crippen molar-refractivity contribution in [2.45, 2.75) is 6.04 Å². The van der Waals surface area contributed by atoms with Crippen LogP contribution in [0, 0.1) is 5.82 Å². The Morgan fingerprint density at radius 3 is 2.26 bits per heavy atom. The highest BCUT2D eigenvalue weighted by Crippen LogP contribution is 2.22. The molecule has 1 aliphatic heterocycles. The molecule has 1 saturated heterocycles. The number of halogens is 1. The molecule has 0 aliphatic carbocycles. The molecule has 1 heterocycles. The van der Waals surface area contributed by atoms with Gasteiger partial charge in [0.2, 0.25) is 0 Å². The minimum Gasteiger partial charge on any atom is -0.347 e. The molecule has 7 nitrogen and oxygen atoms in total. The Labute approximate surface area is 160 Å². The zero-order chi connectivity index (χ0) is 19.8. The number of carbonyl (C=O) groups is 2. The minimum absolute atomic E-state index is 0.0992. The van der Waals surface area contributed by atoms with Gasteiger partial charge in [0.15, 0.2) is 0 Å². The monoisotopic (exact) mass is 379 g/mol. The van der Waals surface area contributed by atoms with Crippen LogP contribution in [0.4, 0.5) is 4.39 Å². The summed E-state index contributed by atoms with van der Waals surface area (Å²) in [6.45, 7) is 4.94. The van der Waals surface area contributed by atoms with Gasteiger partial charge >= 0.3 is 11.8 Å². The van der Waals surface area contributed by atoms with Gasteiger partial charge in [0.25, 0.3) is 0 Å². The van der Waals surface area contributed by atoms with Crippen LogP contribution in [0.5, 0.6) is 0 Å². The summed E-state index contributed by atoms with van der Waals surface area (Å²) in [4.78, 5) is 30.5. The van der Waals surface area contributed by atoms with Gasteiger partial charge in [-0.15, -0.1) is 0 Å². The van der Waals surface area contributed by atoms with E-state index in [2.05, 4.69) is 27.5 Å². The smallest absolute Gasteiger partial charge is 0.309 e. The Morgan fingerprint density at radius 1 is 1.07 bits per heavy atom. The zero-order valence-corrected chi connectivity index (χ0v) is 16.4. The van der Waals surface area contributed by atoms with E-state index in [4.69, 9.17) is 0 Å². The Bertz CT molecular complexity index is 615. The maximum atomic E-state index is 13.3. The van der Waals surface area contributed by atoms with Gasteiger partial charge in [0, 0.05) is 45.8 Å². The first-order chi connectivity index (χ1) is 12.9. The second-order valence-corrected chi connectivity index (χ2v) is 7.18. The lowest BCUT2D eigenvalue weighted by atomic mass is 10.0. The third-order valence-electron chi connectivity index (χ3n) is 4.74. The van der Waals surface area contributed by atoms with Crippen LogP contribution in [0.25, 0.3) is 0 Å². The Morgan fingerprint density at radius 2 is 1.67 bits per heavy atom. The van der Waals surface area contributed by atoms with Crippen LogP contribution in [0.15, 0.2) is 24.3 Å². The molecule has 8 heteroatoms. The van der Waals surface area contributed by atoms with E-state index < -0.39 is 11.8 Å². The van der Waals surface area contributed by atoms with Crippen molar-refractivity contribution in [2.24, 2.45) is 0 Å². The van der Waals surface area contributed by atoms with Crippen LogP contribution in [0.1, 0.15) is 11.6 Å². The molecule has 0 bridgehead atoms. The van der Waals surface area contributed by atoms with Crippen molar-refractivity contribution < 1.29 is 14.0 Å². The van der Waals surface area contributed by atoms with E-state index in [9.17, 15) is 14.0 Å². The molecule has 0 aromatic heterocycles. The summed E-state index contributed by atoms with van der Waals surface area (Å²) in [6.07, 6.45) is 0. The highest BCUT2D eigenvalue weighted by Gasteiger charge is 2.25. The predicted octanol–water partition coefficient (Wildman–Crippen LogP) is -0.0918. The first-order valence-electron chi connectivity index (χ1n) is 9.25. The van der Waals surface area contributed by atoms with Crippen molar-refractivity contribution in [3.63, 3.8) is 0 Å². The molecule has 150 valence electrons. The second kappa shape index (κ2) is 10.3. The van der Waals surface area contributed by atoms with E-state index in [0.29, 0.717) is 19.6 Å². The quantitative estimate of drug-likeness (QED) is 0.648. The fourth-order valence-corrected chi connectivity index (χ4v) is 3.02. The van der Waals surface area contributed by atoms with Crippen LogP contribution in [-0.2, 0) is 9.59 Å². The number of piperazine rings is 1. The molecular formula is C19H30FN5O2. The molecule has 27 heavy (non-hydrogen) atoms. The number of rotatable bonds is 7.